The number of nitrogens with one attached hydrogen (secondary N) is 1. The number of ether oxygens (including phenoxy) is 3. The van der Waals surface area contributed by atoms with Crippen molar-refractivity contribution in [1.82, 2.24) is 5.32 Å². The molecule has 0 bridgehead atoms. The molecule has 11 nitrogen and oxygen atoms in total. The third kappa shape index (κ3) is 44.7. The van der Waals surface area contributed by atoms with Crippen LogP contribution >= 0.6 is 0 Å². The van der Waals surface area contributed by atoms with Crippen LogP contribution in [0.25, 0.3) is 0 Å². The molecule has 1 saturated heterocycles. The summed E-state index contributed by atoms with van der Waals surface area (Å²) in [5.74, 6) is -1.21. The minimum Gasteiger partial charge on any atom is -0.454 e. The summed E-state index contributed by atoms with van der Waals surface area (Å²) in [7, 11) is 0. The number of carbonyl (C=O) groups excluding carboxylic acids is 2. The van der Waals surface area contributed by atoms with Gasteiger partial charge in [0.25, 0.3) is 0 Å². The van der Waals surface area contributed by atoms with Crippen molar-refractivity contribution in [3.63, 3.8) is 0 Å². The zero-order valence-electron chi connectivity index (χ0n) is 51.6. The van der Waals surface area contributed by atoms with Crippen LogP contribution in [0.3, 0.4) is 0 Å². The SMILES string of the molecule is CC/C=C\C/C=C\C/C=C\C/C=C\C/C=C\CCCCCCCCC(O)C(=O)NC(COC1OC(CO)C(O)C(O)C1OC(=O)CCCCCCCCCCC/C=C\C/C=C\CCCCC)C(O)/C=C/CCCCCCCCCCC. The molecule has 0 aromatic heterocycles. The highest BCUT2D eigenvalue weighted by Crippen LogP contribution is 2.26. The van der Waals surface area contributed by atoms with Crippen molar-refractivity contribution in [3.05, 3.63) is 97.2 Å². The van der Waals surface area contributed by atoms with E-state index in [1.54, 1.807) is 6.08 Å². The van der Waals surface area contributed by atoms with Gasteiger partial charge in [0.15, 0.2) is 12.4 Å². The molecule has 8 atom stereocenters. The summed E-state index contributed by atoms with van der Waals surface area (Å²) in [4.78, 5) is 26.6. The zero-order chi connectivity index (χ0) is 58.9. The molecular formula is C70H121NO10. The molecule has 1 aliphatic heterocycles. The van der Waals surface area contributed by atoms with E-state index >= 15 is 0 Å². The number of hydrogen-bond donors (Lipinski definition) is 6. The van der Waals surface area contributed by atoms with E-state index < -0.39 is 67.4 Å². The second kappa shape index (κ2) is 57.0. The van der Waals surface area contributed by atoms with E-state index in [9.17, 15) is 35.1 Å². The highest BCUT2D eigenvalue weighted by molar-refractivity contribution is 5.80. The van der Waals surface area contributed by atoms with Crippen molar-refractivity contribution in [1.29, 1.82) is 0 Å². The van der Waals surface area contributed by atoms with E-state index in [1.165, 1.54) is 89.9 Å². The minimum atomic E-state index is -1.62. The van der Waals surface area contributed by atoms with Gasteiger partial charge < -0.3 is 45.1 Å². The topological polar surface area (TPSA) is 175 Å². The molecule has 0 aliphatic carbocycles. The lowest BCUT2D eigenvalue weighted by Crippen LogP contribution is -2.61. The molecule has 0 saturated carbocycles. The molecular weight excluding hydrogens is 1010 g/mol. The fourth-order valence-electron chi connectivity index (χ4n) is 9.77. The maximum atomic E-state index is 13.4. The van der Waals surface area contributed by atoms with Crippen LogP contribution in [0.4, 0.5) is 0 Å². The fraction of sp³-hybridized carbons (Fsp3) is 0.743. The molecule has 1 rings (SSSR count). The van der Waals surface area contributed by atoms with Crippen LogP contribution in [-0.4, -0.2) is 99.6 Å². The van der Waals surface area contributed by atoms with Gasteiger partial charge in [0, 0.05) is 6.42 Å². The third-order valence-electron chi connectivity index (χ3n) is 15.0. The first-order valence-corrected chi connectivity index (χ1v) is 33.0. The van der Waals surface area contributed by atoms with Crippen LogP contribution in [-0.2, 0) is 23.8 Å². The average Bonchev–Trinajstić information content (AvgIpc) is 3.52. The van der Waals surface area contributed by atoms with Gasteiger partial charge in [-0.25, -0.2) is 0 Å². The van der Waals surface area contributed by atoms with E-state index in [0.29, 0.717) is 12.8 Å². The molecule has 466 valence electrons. The van der Waals surface area contributed by atoms with Gasteiger partial charge in [-0.3, -0.25) is 9.59 Å². The summed E-state index contributed by atoms with van der Waals surface area (Å²) in [5.41, 5.74) is 0. The van der Waals surface area contributed by atoms with Crippen LogP contribution in [0.1, 0.15) is 271 Å². The molecule has 8 unspecified atom stereocenters. The second-order valence-electron chi connectivity index (χ2n) is 22.5. The van der Waals surface area contributed by atoms with Crippen molar-refractivity contribution in [2.75, 3.05) is 13.2 Å². The maximum Gasteiger partial charge on any atom is 0.306 e. The molecule has 1 heterocycles. The van der Waals surface area contributed by atoms with Crippen molar-refractivity contribution in [2.24, 2.45) is 0 Å². The van der Waals surface area contributed by atoms with Crippen LogP contribution in [0.15, 0.2) is 97.2 Å². The smallest absolute Gasteiger partial charge is 0.306 e. The highest BCUT2D eigenvalue weighted by atomic mass is 16.7. The van der Waals surface area contributed by atoms with Gasteiger partial charge in [-0.05, 0) is 103 Å². The largest absolute Gasteiger partial charge is 0.454 e. The number of allylic oxidation sites excluding steroid dienone is 15. The Balaban J connectivity index is 2.63. The average molecular weight is 1140 g/mol. The Labute approximate surface area is 495 Å². The van der Waals surface area contributed by atoms with Gasteiger partial charge in [-0.2, -0.15) is 0 Å². The Kier molecular flexibility index (Phi) is 53.2. The van der Waals surface area contributed by atoms with Gasteiger partial charge >= 0.3 is 5.97 Å². The van der Waals surface area contributed by atoms with E-state index in [4.69, 9.17) is 14.2 Å². The minimum absolute atomic E-state index is 0.114. The van der Waals surface area contributed by atoms with E-state index in [2.05, 4.69) is 111 Å². The van der Waals surface area contributed by atoms with Gasteiger partial charge in [0.1, 0.15) is 24.4 Å². The molecule has 0 aromatic carbocycles. The van der Waals surface area contributed by atoms with E-state index in [1.807, 2.05) is 6.08 Å². The number of carbonyl (C=O) groups is 2. The predicted molar refractivity (Wildman–Crippen MR) is 338 cm³/mol. The molecule has 1 amide bonds. The number of hydrogen-bond acceptors (Lipinski definition) is 10. The number of rotatable bonds is 55. The quantitative estimate of drug-likeness (QED) is 0.0195. The lowest BCUT2D eigenvalue weighted by Gasteiger charge is -2.41. The first-order chi connectivity index (χ1) is 39.7. The van der Waals surface area contributed by atoms with Crippen molar-refractivity contribution >= 4 is 11.9 Å². The summed E-state index contributed by atoms with van der Waals surface area (Å²) in [6.07, 6.45) is 65.8. The summed E-state index contributed by atoms with van der Waals surface area (Å²) in [6, 6.07) is -1.04. The summed E-state index contributed by atoms with van der Waals surface area (Å²) < 4.78 is 17.6. The zero-order valence-corrected chi connectivity index (χ0v) is 51.6. The van der Waals surface area contributed by atoms with Gasteiger partial charge in [-0.1, -0.05) is 259 Å². The molecule has 11 heteroatoms. The number of aliphatic hydroxyl groups excluding tert-OH is 5. The molecule has 6 N–H and O–H groups in total. The molecule has 0 radical (unpaired) electrons. The molecule has 0 spiro atoms. The van der Waals surface area contributed by atoms with Gasteiger partial charge in [-0.15, -0.1) is 0 Å². The van der Waals surface area contributed by atoms with Crippen molar-refractivity contribution in [3.8, 4) is 0 Å². The van der Waals surface area contributed by atoms with Gasteiger partial charge in [0.05, 0.1) is 25.4 Å². The lowest BCUT2D eigenvalue weighted by atomic mass is 9.99. The van der Waals surface area contributed by atoms with Gasteiger partial charge in [0.2, 0.25) is 5.91 Å². The highest BCUT2D eigenvalue weighted by Gasteiger charge is 2.47. The first kappa shape index (κ1) is 75.6. The number of aliphatic hydroxyl groups is 5. The summed E-state index contributed by atoms with van der Waals surface area (Å²) in [5, 5.41) is 57.1. The number of unbranched alkanes of at least 4 members (excludes halogenated alkanes) is 27. The molecule has 1 fully saturated rings. The fourth-order valence-corrected chi connectivity index (χ4v) is 9.77. The Morgan fingerprint density at radius 1 is 0.494 bits per heavy atom. The Morgan fingerprint density at radius 3 is 1.36 bits per heavy atom. The summed E-state index contributed by atoms with van der Waals surface area (Å²) in [6.45, 7) is 5.64. The van der Waals surface area contributed by atoms with E-state index in [-0.39, 0.29) is 19.4 Å². The Bertz CT molecular complexity index is 1690. The standard InChI is InChI=1S/C70H121NO10/c1-4-7-10-13-16-19-22-24-26-28-30-31-32-34-35-37-39-42-45-48-51-54-57-63(74)69(78)71-61(62(73)56-53-50-47-44-41-21-18-15-12-9-6-3)60-79-70-68(67(77)66(76)64(59-72)80-70)81-65(75)58-55-52-49-46-43-40-38-36-33-29-27-25-23-20-17-14-11-8-5-2/h7,10,16-17,19-20,24-27,30-31,34-35,53,56,61-64,66-68,70,72-74,76-77H,4-6,8-9,11-15,18,21-23,28-29,32-33,36-52,54-55,57-60H2,1-3H3,(H,71,78)/b10-7-,19-16-,20-17-,26-24-,27-25-,31-30-,35-34-,56-53+. The lowest BCUT2D eigenvalue weighted by molar-refractivity contribution is -0.305. The van der Waals surface area contributed by atoms with Crippen molar-refractivity contribution in [2.45, 2.75) is 320 Å². The van der Waals surface area contributed by atoms with Crippen LogP contribution in [0.2, 0.25) is 0 Å². The van der Waals surface area contributed by atoms with Crippen LogP contribution < -0.4 is 5.32 Å². The number of amides is 1. The maximum absolute atomic E-state index is 13.4. The second-order valence-corrected chi connectivity index (χ2v) is 22.5. The third-order valence-corrected chi connectivity index (χ3v) is 15.0. The Morgan fingerprint density at radius 2 is 0.889 bits per heavy atom. The Hall–Kier alpha value is -3.42. The normalized spacial score (nSPS) is 19.3. The predicted octanol–water partition coefficient (Wildman–Crippen LogP) is 16.3. The van der Waals surface area contributed by atoms with Crippen molar-refractivity contribution < 1.29 is 49.3 Å². The molecule has 0 aromatic rings. The number of esters is 1. The molecule has 1 aliphatic rings. The van der Waals surface area contributed by atoms with E-state index in [0.717, 1.165) is 135 Å². The van der Waals surface area contributed by atoms with Crippen LogP contribution in [0.5, 0.6) is 0 Å². The molecule has 81 heavy (non-hydrogen) atoms. The summed E-state index contributed by atoms with van der Waals surface area (Å²) >= 11 is 0. The van der Waals surface area contributed by atoms with Crippen LogP contribution in [0, 0.1) is 0 Å². The first-order valence-electron chi connectivity index (χ1n) is 33.0. The monoisotopic (exact) mass is 1140 g/mol.